The molecular formula is C11H11NO2. The van der Waals surface area contributed by atoms with Crippen LogP contribution in [-0.2, 0) is 10.3 Å². The second-order valence-corrected chi connectivity index (χ2v) is 3.78. The van der Waals surface area contributed by atoms with Crippen molar-refractivity contribution in [2.24, 2.45) is 0 Å². The van der Waals surface area contributed by atoms with Gasteiger partial charge in [-0.15, -0.1) is 0 Å². The van der Waals surface area contributed by atoms with E-state index in [9.17, 15) is 0 Å². The fraction of sp³-hybridized carbons (Fsp3) is 0.364. The molecule has 1 aromatic rings. The van der Waals surface area contributed by atoms with Gasteiger partial charge in [0.2, 0.25) is 0 Å². The smallest absolute Gasteiger partial charge is 0.128 e. The van der Waals surface area contributed by atoms with Crippen molar-refractivity contribution >= 4 is 0 Å². The summed E-state index contributed by atoms with van der Waals surface area (Å²) in [7, 11) is 1.68. The number of rotatable bonds is 1. The lowest BCUT2D eigenvalue weighted by molar-refractivity contribution is 0.00966. The zero-order valence-electron chi connectivity index (χ0n) is 8.15. The first-order valence-corrected chi connectivity index (χ1v) is 4.65. The molecule has 0 spiro atoms. The van der Waals surface area contributed by atoms with E-state index in [4.69, 9.17) is 9.47 Å². The van der Waals surface area contributed by atoms with Gasteiger partial charge < -0.3 is 9.47 Å². The quantitative estimate of drug-likeness (QED) is 0.633. The van der Waals surface area contributed by atoms with E-state index in [0.717, 1.165) is 17.0 Å². The van der Waals surface area contributed by atoms with E-state index >= 15 is 0 Å². The van der Waals surface area contributed by atoms with Gasteiger partial charge in [0.15, 0.2) is 0 Å². The molecule has 0 radical (unpaired) electrons. The van der Waals surface area contributed by atoms with Gasteiger partial charge in [0.05, 0.1) is 18.4 Å². The number of nitrogens with zero attached hydrogens (tertiary/aromatic N) is 1. The maximum Gasteiger partial charge on any atom is 0.128 e. The van der Waals surface area contributed by atoms with Crippen molar-refractivity contribution in [2.45, 2.75) is 18.6 Å². The summed E-state index contributed by atoms with van der Waals surface area (Å²) in [5.74, 6) is 0.865. The van der Waals surface area contributed by atoms with Gasteiger partial charge in [-0.1, -0.05) is 6.08 Å². The molecule has 0 amide bonds. The molecule has 0 N–H and O–H groups in total. The minimum Gasteiger partial charge on any atom is -0.496 e. The van der Waals surface area contributed by atoms with Crippen LogP contribution in [-0.4, -0.2) is 12.1 Å². The Labute approximate surface area is 82.4 Å². The van der Waals surface area contributed by atoms with E-state index in [0.29, 0.717) is 0 Å². The van der Waals surface area contributed by atoms with Crippen molar-refractivity contribution in [3.8, 4) is 5.75 Å². The maximum absolute atomic E-state index is 5.82. The summed E-state index contributed by atoms with van der Waals surface area (Å²) < 4.78 is 11.1. The van der Waals surface area contributed by atoms with Crippen molar-refractivity contribution in [1.29, 1.82) is 0 Å². The molecule has 0 saturated heterocycles. The third kappa shape index (κ3) is 0.780. The average Bonchev–Trinajstić information content (AvgIpc) is 2.72. The maximum atomic E-state index is 5.82. The van der Waals surface area contributed by atoms with Gasteiger partial charge >= 0.3 is 0 Å². The molecule has 2 aliphatic rings. The molecule has 2 aliphatic heterocycles. The molecule has 72 valence electrons. The fourth-order valence-corrected chi connectivity index (χ4v) is 2.25. The lowest BCUT2D eigenvalue weighted by Gasteiger charge is -2.19. The number of methoxy groups -OCH3 is 1. The first-order chi connectivity index (χ1) is 6.74. The van der Waals surface area contributed by atoms with Gasteiger partial charge in [0.1, 0.15) is 17.5 Å². The van der Waals surface area contributed by atoms with Crippen LogP contribution in [0.15, 0.2) is 24.4 Å². The Kier molecular flexibility index (Phi) is 1.35. The molecule has 0 aliphatic carbocycles. The molecule has 1 aromatic heterocycles. The van der Waals surface area contributed by atoms with Gasteiger partial charge in [0.25, 0.3) is 0 Å². The number of hydrogen-bond acceptors (Lipinski definition) is 3. The van der Waals surface area contributed by atoms with Gasteiger partial charge in [-0.2, -0.15) is 0 Å². The Morgan fingerprint density at radius 3 is 3.21 bits per heavy atom. The molecule has 14 heavy (non-hydrogen) atoms. The summed E-state index contributed by atoms with van der Waals surface area (Å²) in [4.78, 5) is 4.34. The second kappa shape index (κ2) is 2.36. The lowest BCUT2D eigenvalue weighted by Crippen LogP contribution is -2.16. The summed E-state index contributed by atoms with van der Waals surface area (Å²) in [5.41, 5.74) is 1.74. The highest BCUT2D eigenvalue weighted by Gasteiger charge is 2.46. The largest absolute Gasteiger partial charge is 0.496 e. The van der Waals surface area contributed by atoms with Gasteiger partial charge in [-0.05, 0) is 19.1 Å². The summed E-state index contributed by atoms with van der Waals surface area (Å²) in [5, 5.41) is 0. The molecule has 2 atom stereocenters. The van der Waals surface area contributed by atoms with Gasteiger partial charge in [-0.25, -0.2) is 0 Å². The topological polar surface area (TPSA) is 31.4 Å². The minimum absolute atomic E-state index is 0.0186. The monoisotopic (exact) mass is 189 g/mol. The summed E-state index contributed by atoms with van der Waals surface area (Å²) >= 11 is 0. The van der Waals surface area contributed by atoms with Gasteiger partial charge in [-0.3, -0.25) is 4.98 Å². The van der Waals surface area contributed by atoms with Crippen LogP contribution >= 0.6 is 0 Å². The number of ether oxygens (including phenoxy) is 2. The average molecular weight is 189 g/mol. The highest BCUT2D eigenvalue weighted by molar-refractivity contribution is 5.50. The zero-order valence-corrected chi connectivity index (χ0v) is 8.15. The van der Waals surface area contributed by atoms with E-state index < -0.39 is 0 Å². The highest BCUT2D eigenvalue weighted by Crippen LogP contribution is 2.52. The molecule has 0 saturated carbocycles. The predicted octanol–water partition coefficient (Wildman–Crippen LogP) is 1.95. The van der Waals surface area contributed by atoms with Crippen LogP contribution in [0, 0.1) is 0 Å². The van der Waals surface area contributed by atoms with Crippen LogP contribution in [0.5, 0.6) is 5.75 Å². The van der Waals surface area contributed by atoms with Crippen LogP contribution in [0.4, 0.5) is 0 Å². The van der Waals surface area contributed by atoms with E-state index in [1.54, 1.807) is 13.3 Å². The number of fused-ring (bicyclic) bond motifs is 5. The summed E-state index contributed by atoms with van der Waals surface area (Å²) in [6.07, 6.45) is 5.91. The van der Waals surface area contributed by atoms with E-state index in [1.165, 1.54) is 0 Å². The Hall–Kier alpha value is -1.35. The number of hydrogen-bond donors (Lipinski definition) is 0. The molecule has 0 aromatic carbocycles. The van der Waals surface area contributed by atoms with Crippen LogP contribution in [0.3, 0.4) is 0 Å². The standard InChI is InChI=1S/C11H11NO2/c1-11-5-3-8(14-11)10-9(11)7(13-2)4-6-12-10/h3-6,8H,1-2H3. The van der Waals surface area contributed by atoms with Crippen LogP contribution in [0.25, 0.3) is 0 Å². The molecule has 3 nitrogen and oxygen atoms in total. The number of aromatic nitrogens is 1. The molecule has 3 heterocycles. The van der Waals surface area contributed by atoms with Gasteiger partial charge in [0, 0.05) is 6.20 Å². The normalized spacial score (nSPS) is 32.0. The third-order valence-electron chi connectivity index (χ3n) is 2.89. The second-order valence-electron chi connectivity index (χ2n) is 3.78. The van der Waals surface area contributed by atoms with Crippen molar-refractivity contribution in [3.63, 3.8) is 0 Å². The van der Waals surface area contributed by atoms with Crippen molar-refractivity contribution < 1.29 is 9.47 Å². The molecule has 2 unspecified atom stereocenters. The molecular weight excluding hydrogens is 178 g/mol. The summed E-state index contributed by atoms with van der Waals surface area (Å²) in [6, 6.07) is 1.88. The van der Waals surface area contributed by atoms with E-state index in [-0.39, 0.29) is 11.7 Å². The molecule has 0 fully saturated rings. The predicted molar refractivity (Wildman–Crippen MR) is 51.1 cm³/mol. The van der Waals surface area contributed by atoms with E-state index in [2.05, 4.69) is 17.1 Å². The number of pyridine rings is 1. The van der Waals surface area contributed by atoms with Crippen molar-refractivity contribution in [1.82, 2.24) is 4.98 Å². The Morgan fingerprint density at radius 1 is 1.57 bits per heavy atom. The van der Waals surface area contributed by atoms with Crippen molar-refractivity contribution in [2.75, 3.05) is 7.11 Å². The Bertz CT molecular complexity index is 427. The van der Waals surface area contributed by atoms with E-state index in [1.807, 2.05) is 13.0 Å². The first-order valence-electron chi connectivity index (χ1n) is 4.65. The minimum atomic E-state index is -0.334. The molecule has 2 bridgehead atoms. The SMILES string of the molecule is COc1ccnc2c1C1(C)C=CC2O1. The van der Waals surface area contributed by atoms with Crippen LogP contribution in [0.2, 0.25) is 0 Å². The van der Waals surface area contributed by atoms with Crippen molar-refractivity contribution in [3.05, 3.63) is 35.7 Å². The summed E-state index contributed by atoms with van der Waals surface area (Å²) in [6.45, 7) is 2.04. The highest BCUT2D eigenvalue weighted by atomic mass is 16.5. The molecule has 3 rings (SSSR count). The van der Waals surface area contributed by atoms with Crippen LogP contribution < -0.4 is 4.74 Å². The zero-order chi connectivity index (χ0) is 9.76. The molecule has 3 heteroatoms. The first kappa shape index (κ1) is 8.00. The Balaban J connectivity index is 2.28. The fourth-order valence-electron chi connectivity index (χ4n) is 2.25. The van der Waals surface area contributed by atoms with Crippen LogP contribution in [0.1, 0.15) is 24.3 Å². The Morgan fingerprint density at radius 2 is 2.43 bits per heavy atom. The lowest BCUT2D eigenvalue weighted by atomic mass is 9.91. The third-order valence-corrected chi connectivity index (χ3v) is 2.89.